The van der Waals surface area contributed by atoms with E-state index in [4.69, 9.17) is 15.6 Å². The summed E-state index contributed by atoms with van der Waals surface area (Å²) in [6.45, 7) is 1.93. The molecule has 0 aliphatic carbocycles. The van der Waals surface area contributed by atoms with Crippen molar-refractivity contribution in [1.29, 1.82) is 0 Å². The van der Waals surface area contributed by atoms with Gasteiger partial charge in [-0.25, -0.2) is 0 Å². The second kappa shape index (κ2) is 6.49. The normalized spacial score (nSPS) is 8.25. The molecule has 0 unspecified atom stereocenters. The zero-order valence-electron chi connectivity index (χ0n) is 7.45. The molecule has 0 fully saturated rings. The standard InChI is InChI=1S/C7H9NO.C2H6O/c1-9-7-4-2-6(8)3-5-7;1-2-3/h2-5H,8H2,1H3;3H,2H2,1H3. The van der Waals surface area contributed by atoms with Crippen LogP contribution >= 0.6 is 0 Å². The van der Waals surface area contributed by atoms with E-state index in [1.54, 1.807) is 26.2 Å². The van der Waals surface area contributed by atoms with E-state index < -0.39 is 0 Å². The summed E-state index contributed by atoms with van der Waals surface area (Å²) in [5.41, 5.74) is 6.19. The lowest BCUT2D eigenvalue weighted by Crippen LogP contribution is -1.84. The minimum absolute atomic E-state index is 0.250. The summed E-state index contributed by atoms with van der Waals surface area (Å²) in [6.07, 6.45) is 0. The average molecular weight is 169 g/mol. The molecule has 0 radical (unpaired) electrons. The van der Waals surface area contributed by atoms with Crippen molar-refractivity contribution in [3.05, 3.63) is 24.3 Å². The number of aliphatic hydroxyl groups excluding tert-OH is 1. The molecule has 1 aromatic rings. The highest BCUT2D eigenvalue weighted by Crippen LogP contribution is 2.11. The average Bonchev–Trinajstić information content (AvgIpc) is 2.07. The van der Waals surface area contributed by atoms with Gasteiger partial charge in [0.1, 0.15) is 5.75 Å². The third-order valence-electron chi connectivity index (χ3n) is 1.12. The van der Waals surface area contributed by atoms with E-state index >= 15 is 0 Å². The van der Waals surface area contributed by atoms with E-state index in [9.17, 15) is 0 Å². The number of aliphatic hydroxyl groups is 1. The van der Waals surface area contributed by atoms with Gasteiger partial charge >= 0.3 is 0 Å². The van der Waals surface area contributed by atoms with Crippen LogP contribution < -0.4 is 10.5 Å². The molecule has 0 saturated carbocycles. The Labute approximate surface area is 72.8 Å². The lowest BCUT2D eigenvalue weighted by Gasteiger charge is -1.97. The van der Waals surface area contributed by atoms with Crippen LogP contribution in [-0.2, 0) is 0 Å². The first-order valence-corrected chi connectivity index (χ1v) is 3.75. The van der Waals surface area contributed by atoms with Gasteiger partial charge in [-0.1, -0.05) is 0 Å². The van der Waals surface area contributed by atoms with Crippen LogP contribution in [0.4, 0.5) is 5.69 Å². The molecule has 0 atom stereocenters. The molecular formula is C9H15NO2. The molecule has 0 amide bonds. The van der Waals surface area contributed by atoms with Gasteiger partial charge in [-0.05, 0) is 31.2 Å². The van der Waals surface area contributed by atoms with Gasteiger partial charge in [0.25, 0.3) is 0 Å². The van der Waals surface area contributed by atoms with Crippen LogP contribution in [0.5, 0.6) is 5.75 Å². The SMILES string of the molecule is CCO.COc1ccc(N)cc1. The van der Waals surface area contributed by atoms with E-state index in [-0.39, 0.29) is 6.61 Å². The van der Waals surface area contributed by atoms with Crippen LogP contribution in [0.3, 0.4) is 0 Å². The van der Waals surface area contributed by atoms with Crippen LogP contribution in [0.15, 0.2) is 24.3 Å². The lowest BCUT2D eigenvalue weighted by atomic mass is 10.3. The number of benzene rings is 1. The molecular weight excluding hydrogens is 154 g/mol. The Kier molecular flexibility index (Phi) is 5.83. The van der Waals surface area contributed by atoms with Crippen LogP contribution in [0.2, 0.25) is 0 Å². The highest BCUT2D eigenvalue weighted by molar-refractivity contribution is 5.41. The summed E-state index contributed by atoms with van der Waals surface area (Å²) < 4.78 is 4.91. The van der Waals surface area contributed by atoms with Crippen molar-refractivity contribution in [1.82, 2.24) is 0 Å². The molecule has 0 saturated heterocycles. The maximum atomic E-state index is 7.57. The van der Waals surface area contributed by atoms with Crippen LogP contribution in [-0.4, -0.2) is 18.8 Å². The van der Waals surface area contributed by atoms with Gasteiger partial charge in [-0.3, -0.25) is 0 Å². The van der Waals surface area contributed by atoms with Crippen molar-refractivity contribution in [2.45, 2.75) is 6.92 Å². The fraction of sp³-hybridized carbons (Fsp3) is 0.333. The number of anilines is 1. The monoisotopic (exact) mass is 169 g/mol. The second-order valence-corrected chi connectivity index (χ2v) is 2.09. The molecule has 3 nitrogen and oxygen atoms in total. The molecule has 68 valence electrons. The van der Waals surface area contributed by atoms with Gasteiger partial charge in [-0.2, -0.15) is 0 Å². The summed E-state index contributed by atoms with van der Waals surface area (Å²) in [5.74, 6) is 0.837. The maximum Gasteiger partial charge on any atom is 0.119 e. The first-order valence-electron chi connectivity index (χ1n) is 3.75. The number of nitrogen functional groups attached to an aromatic ring is 1. The van der Waals surface area contributed by atoms with Gasteiger partial charge in [-0.15, -0.1) is 0 Å². The Morgan fingerprint density at radius 3 is 2.08 bits per heavy atom. The number of hydrogen-bond acceptors (Lipinski definition) is 3. The summed E-state index contributed by atoms with van der Waals surface area (Å²) in [4.78, 5) is 0. The van der Waals surface area contributed by atoms with Gasteiger partial charge in [0, 0.05) is 12.3 Å². The fourth-order valence-corrected chi connectivity index (χ4v) is 0.604. The number of methoxy groups -OCH3 is 1. The Hall–Kier alpha value is -1.22. The van der Waals surface area contributed by atoms with E-state index in [2.05, 4.69) is 0 Å². The second-order valence-electron chi connectivity index (χ2n) is 2.09. The molecule has 12 heavy (non-hydrogen) atoms. The lowest BCUT2D eigenvalue weighted by molar-refractivity contribution is 0.318. The number of hydrogen-bond donors (Lipinski definition) is 2. The molecule has 0 heterocycles. The van der Waals surface area contributed by atoms with Crippen LogP contribution in [0.1, 0.15) is 6.92 Å². The van der Waals surface area contributed by atoms with Gasteiger partial charge in [0.05, 0.1) is 7.11 Å². The molecule has 0 spiro atoms. The Bertz CT molecular complexity index is 196. The van der Waals surface area contributed by atoms with Crippen molar-refractivity contribution in [2.24, 2.45) is 0 Å². The Balaban J connectivity index is 0.000000354. The minimum atomic E-state index is 0.250. The number of rotatable bonds is 1. The molecule has 0 aliphatic rings. The first kappa shape index (κ1) is 10.8. The predicted octanol–water partition coefficient (Wildman–Crippen LogP) is 1.28. The predicted molar refractivity (Wildman–Crippen MR) is 50.2 cm³/mol. The third-order valence-corrected chi connectivity index (χ3v) is 1.12. The van der Waals surface area contributed by atoms with Crippen molar-refractivity contribution in [3.63, 3.8) is 0 Å². The van der Waals surface area contributed by atoms with E-state index in [0.29, 0.717) is 0 Å². The number of ether oxygens (including phenoxy) is 1. The Morgan fingerprint density at radius 2 is 1.75 bits per heavy atom. The maximum absolute atomic E-state index is 7.57. The van der Waals surface area contributed by atoms with E-state index in [0.717, 1.165) is 11.4 Å². The smallest absolute Gasteiger partial charge is 0.119 e. The van der Waals surface area contributed by atoms with Gasteiger partial charge in [0.15, 0.2) is 0 Å². The summed E-state index contributed by atoms with van der Waals surface area (Å²) >= 11 is 0. The molecule has 3 N–H and O–H groups in total. The van der Waals surface area contributed by atoms with Crippen LogP contribution in [0.25, 0.3) is 0 Å². The molecule has 0 aromatic heterocycles. The summed E-state index contributed by atoms with van der Waals surface area (Å²) in [5, 5.41) is 7.57. The third kappa shape index (κ3) is 4.57. The molecule has 0 aliphatic heterocycles. The Morgan fingerprint density at radius 1 is 1.33 bits per heavy atom. The largest absolute Gasteiger partial charge is 0.497 e. The topological polar surface area (TPSA) is 55.5 Å². The quantitative estimate of drug-likeness (QED) is 0.622. The van der Waals surface area contributed by atoms with Crippen molar-refractivity contribution < 1.29 is 9.84 Å². The zero-order valence-corrected chi connectivity index (χ0v) is 7.45. The van der Waals surface area contributed by atoms with E-state index in [1.165, 1.54) is 0 Å². The fourth-order valence-electron chi connectivity index (χ4n) is 0.604. The molecule has 1 aromatic carbocycles. The van der Waals surface area contributed by atoms with Gasteiger partial charge in [0.2, 0.25) is 0 Å². The summed E-state index contributed by atoms with van der Waals surface area (Å²) in [7, 11) is 1.63. The number of nitrogens with two attached hydrogens (primary N) is 1. The van der Waals surface area contributed by atoms with Crippen molar-refractivity contribution in [3.8, 4) is 5.75 Å². The molecule has 1 rings (SSSR count). The highest BCUT2D eigenvalue weighted by atomic mass is 16.5. The zero-order chi connectivity index (χ0) is 9.40. The summed E-state index contributed by atoms with van der Waals surface area (Å²) in [6, 6.07) is 7.27. The van der Waals surface area contributed by atoms with Gasteiger partial charge < -0.3 is 15.6 Å². The van der Waals surface area contributed by atoms with E-state index in [1.807, 2.05) is 12.1 Å². The van der Waals surface area contributed by atoms with Crippen molar-refractivity contribution in [2.75, 3.05) is 19.5 Å². The van der Waals surface area contributed by atoms with Crippen LogP contribution in [0, 0.1) is 0 Å². The molecule has 3 heteroatoms. The minimum Gasteiger partial charge on any atom is -0.497 e. The first-order chi connectivity index (χ1) is 5.74. The van der Waals surface area contributed by atoms with Crippen molar-refractivity contribution >= 4 is 5.69 Å². The molecule has 0 bridgehead atoms. The highest BCUT2D eigenvalue weighted by Gasteiger charge is 1.86.